The van der Waals surface area contributed by atoms with E-state index in [0.717, 1.165) is 15.7 Å². The average Bonchev–Trinajstić information content (AvgIpc) is 2.30. The van der Waals surface area contributed by atoms with Crippen molar-refractivity contribution in [2.75, 3.05) is 5.32 Å². The molecule has 0 saturated heterocycles. The molecule has 0 aromatic heterocycles. The van der Waals surface area contributed by atoms with Gasteiger partial charge in [0, 0.05) is 4.47 Å². The zero-order valence-electron chi connectivity index (χ0n) is 10.5. The number of hydrogen-bond acceptors (Lipinski definition) is 2. The molecule has 1 aromatic rings. The molecule has 1 aliphatic rings. The van der Waals surface area contributed by atoms with Crippen LogP contribution in [0.15, 0.2) is 22.7 Å². The summed E-state index contributed by atoms with van der Waals surface area (Å²) in [6.45, 7) is 4.02. The van der Waals surface area contributed by atoms with E-state index >= 15 is 0 Å². The lowest BCUT2D eigenvalue weighted by atomic mass is 9.63. The Morgan fingerprint density at radius 2 is 2.22 bits per heavy atom. The topological polar surface area (TPSA) is 52.9 Å². The fourth-order valence-electron chi connectivity index (χ4n) is 2.44. The highest BCUT2D eigenvalue weighted by atomic mass is 79.9. The summed E-state index contributed by atoms with van der Waals surface area (Å²) in [5.74, 6) is 0.269. The fourth-order valence-corrected chi connectivity index (χ4v) is 2.81. The van der Waals surface area contributed by atoms with Crippen molar-refractivity contribution >= 4 is 27.5 Å². The molecule has 1 aromatic carbocycles. The van der Waals surface area contributed by atoms with Gasteiger partial charge in [-0.1, -0.05) is 19.1 Å². The molecule has 0 unspecified atom stereocenters. The van der Waals surface area contributed by atoms with Gasteiger partial charge < -0.3 is 5.32 Å². The number of hydrogen-bond donors (Lipinski definition) is 1. The standard InChI is InChI=1S/C14H15BrN2O/c1-9-6-14(7-9,8-16)13(18)17-11-5-3-4-10(2)12(11)15/h3-5,9H,6-7H2,1-2H3,(H,17,18). The first-order valence-electron chi connectivity index (χ1n) is 5.96. The second kappa shape index (κ2) is 4.74. The summed E-state index contributed by atoms with van der Waals surface area (Å²) in [6, 6.07) is 7.86. The monoisotopic (exact) mass is 306 g/mol. The van der Waals surface area contributed by atoms with Crippen LogP contribution in [0.25, 0.3) is 0 Å². The van der Waals surface area contributed by atoms with Crippen LogP contribution >= 0.6 is 15.9 Å². The predicted octanol–water partition coefficient (Wildman–Crippen LogP) is 3.64. The third-order valence-corrected chi connectivity index (χ3v) is 4.54. The Hall–Kier alpha value is -1.34. The largest absolute Gasteiger partial charge is 0.324 e. The van der Waals surface area contributed by atoms with E-state index < -0.39 is 5.41 Å². The van der Waals surface area contributed by atoms with Crippen molar-refractivity contribution in [2.24, 2.45) is 11.3 Å². The summed E-state index contributed by atoms with van der Waals surface area (Å²) in [5.41, 5.74) is 0.956. The van der Waals surface area contributed by atoms with Gasteiger partial charge in [0.05, 0.1) is 11.8 Å². The van der Waals surface area contributed by atoms with Gasteiger partial charge in [0.2, 0.25) is 5.91 Å². The first kappa shape index (κ1) is 13.1. The van der Waals surface area contributed by atoms with Crippen LogP contribution < -0.4 is 5.32 Å². The summed E-state index contributed by atoms with van der Waals surface area (Å²) < 4.78 is 0.874. The van der Waals surface area contributed by atoms with E-state index in [2.05, 4.69) is 34.2 Å². The molecule has 1 N–H and O–H groups in total. The molecule has 1 saturated carbocycles. The normalized spacial score (nSPS) is 26.0. The van der Waals surface area contributed by atoms with E-state index in [1.807, 2.05) is 25.1 Å². The quantitative estimate of drug-likeness (QED) is 0.907. The second-order valence-electron chi connectivity index (χ2n) is 5.10. The van der Waals surface area contributed by atoms with Crippen LogP contribution in [-0.2, 0) is 4.79 Å². The van der Waals surface area contributed by atoms with Gasteiger partial charge in [0.25, 0.3) is 0 Å². The van der Waals surface area contributed by atoms with Gasteiger partial charge >= 0.3 is 0 Å². The number of rotatable bonds is 2. The molecule has 18 heavy (non-hydrogen) atoms. The Morgan fingerprint density at radius 1 is 1.56 bits per heavy atom. The third kappa shape index (κ3) is 2.15. The van der Waals surface area contributed by atoms with Gasteiger partial charge in [-0.15, -0.1) is 0 Å². The smallest absolute Gasteiger partial charge is 0.244 e. The highest BCUT2D eigenvalue weighted by Crippen LogP contribution is 2.46. The molecule has 2 rings (SSSR count). The SMILES string of the molecule is Cc1cccc(NC(=O)C2(C#N)CC(C)C2)c1Br. The first-order valence-corrected chi connectivity index (χ1v) is 6.75. The van der Waals surface area contributed by atoms with Crippen molar-refractivity contribution in [3.05, 3.63) is 28.2 Å². The molecule has 0 bridgehead atoms. The lowest BCUT2D eigenvalue weighted by Gasteiger charge is -2.39. The second-order valence-corrected chi connectivity index (χ2v) is 5.89. The zero-order valence-corrected chi connectivity index (χ0v) is 12.0. The molecule has 1 amide bonds. The van der Waals surface area contributed by atoms with Crippen LogP contribution in [0.3, 0.4) is 0 Å². The van der Waals surface area contributed by atoms with Crippen molar-refractivity contribution in [2.45, 2.75) is 26.7 Å². The van der Waals surface area contributed by atoms with Gasteiger partial charge in [-0.25, -0.2) is 0 Å². The predicted molar refractivity (Wildman–Crippen MR) is 74.0 cm³/mol. The van der Waals surface area contributed by atoms with E-state index in [4.69, 9.17) is 0 Å². The number of anilines is 1. The van der Waals surface area contributed by atoms with Crippen LogP contribution in [0.1, 0.15) is 25.3 Å². The van der Waals surface area contributed by atoms with Crippen LogP contribution in [0.5, 0.6) is 0 Å². The molecule has 0 spiro atoms. The van der Waals surface area contributed by atoms with E-state index in [1.165, 1.54) is 0 Å². The van der Waals surface area contributed by atoms with E-state index in [9.17, 15) is 10.1 Å². The van der Waals surface area contributed by atoms with Crippen molar-refractivity contribution in [3.8, 4) is 6.07 Å². The van der Waals surface area contributed by atoms with Crippen molar-refractivity contribution in [1.29, 1.82) is 5.26 Å². The number of aryl methyl sites for hydroxylation is 1. The van der Waals surface area contributed by atoms with Gasteiger partial charge in [0.1, 0.15) is 5.41 Å². The van der Waals surface area contributed by atoms with E-state index in [1.54, 1.807) is 0 Å². The number of nitrogens with zero attached hydrogens (tertiary/aromatic N) is 1. The molecular formula is C14H15BrN2O. The molecule has 4 heteroatoms. The molecule has 1 aliphatic carbocycles. The molecule has 94 valence electrons. The van der Waals surface area contributed by atoms with Crippen LogP contribution in [0.4, 0.5) is 5.69 Å². The highest BCUT2D eigenvalue weighted by molar-refractivity contribution is 9.10. The van der Waals surface area contributed by atoms with Crippen LogP contribution in [-0.4, -0.2) is 5.91 Å². The fraction of sp³-hybridized carbons (Fsp3) is 0.429. The molecular weight excluding hydrogens is 292 g/mol. The Morgan fingerprint density at radius 3 is 2.78 bits per heavy atom. The van der Waals surface area contributed by atoms with E-state index in [-0.39, 0.29) is 5.91 Å². The number of benzene rings is 1. The summed E-state index contributed by atoms with van der Waals surface area (Å²) in [4.78, 5) is 12.2. The Kier molecular flexibility index (Phi) is 3.45. The Bertz CT molecular complexity index is 527. The summed E-state index contributed by atoms with van der Waals surface area (Å²) in [7, 11) is 0. The number of amides is 1. The van der Waals surface area contributed by atoms with Crippen molar-refractivity contribution < 1.29 is 4.79 Å². The van der Waals surface area contributed by atoms with Crippen LogP contribution in [0, 0.1) is 29.6 Å². The minimum atomic E-state index is -0.831. The van der Waals surface area contributed by atoms with Gasteiger partial charge in [0.15, 0.2) is 0 Å². The van der Waals surface area contributed by atoms with E-state index in [0.29, 0.717) is 18.8 Å². The minimum absolute atomic E-state index is 0.186. The summed E-state index contributed by atoms with van der Waals surface area (Å²) >= 11 is 3.45. The van der Waals surface area contributed by atoms with Gasteiger partial charge in [-0.3, -0.25) is 4.79 Å². The number of nitrogens with one attached hydrogen (secondary N) is 1. The zero-order chi connectivity index (χ0) is 13.3. The maximum atomic E-state index is 12.2. The van der Waals surface area contributed by atoms with Crippen molar-refractivity contribution in [1.82, 2.24) is 0 Å². The summed E-state index contributed by atoms with van der Waals surface area (Å²) in [6.07, 6.45) is 1.30. The Labute approximate surface area is 115 Å². The molecule has 0 atom stereocenters. The lowest BCUT2D eigenvalue weighted by molar-refractivity contribution is -0.128. The first-order chi connectivity index (χ1) is 8.48. The van der Waals surface area contributed by atoms with Gasteiger partial charge in [-0.2, -0.15) is 5.26 Å². The van der Waals surface area contributed by atoms with Crippen molar-refractivity contribution in [3.63, 3.8) is 0 Å². The molecule has 0 heterocycles. The molecule has 0 radical (unpaired) electrons. The van der Waals surface area contributed by atoms with Crippen LogP contribution in [0.2, 0.25) is 0 Å². The molecule has 3 nitrogen and oxygen atoms in total. The Balaban J connectivity index is 2.18. The maximum Gasteiger partial charge on any atom is 0.244 e. The average molecular weight is 307 g/mol. The number of carbonyl (C=O) groups excluding carboxylic acids is 1. The number of carbonyl (C=O) groups is 1. The summed E-state index contributed by atoms with van der Waals surface area (Å²) in [5, 5.41) is 12.1. The number of halogens is 1. The maximum absolute atomic E-state index is 12.2. The third-order valence-electron chi connectivity index (χ3n) is 3.48. The molecule has 0 aliphatic heterocycles. The number of nitriles is 1. The highest BCUT2D eigenvalue weighted by Gasteiger charge is 2.49. The minimum Gasteiger partial charge on any atom is -0.324 e. The lowest BCUT2D eigenvalue weighted by Crippen LogP contribution is -2.45. The molecule has 1 fully saturated rings. The van der Waals surface area contributed by atoms with Gasteiger partial charge in [-0.05, 0) is 53.2 Å².